The van der Waals surface area contributed by atoms with Gasteiger partial charge >= 0.3 is 23.9 Å². The Morgan fingerprint density at radius 1 is 0.840 bits per heavy atom. The SMILES string of the molecule is C[Si](C)(c1ccccc1)C(I)CC(F)(F)C(F)(F)C(F)(F)C(F)(F)F. The third-order valence-corrected chi connectivity index (χ3v) is 12.6. The summed E-state index contributed by atoms with van der Waals surface area (Å²) in [5.41, 5.74) is 0. The van der Waals surface area contributed by atoms with Gasteiger partial charge in [0.1, 0.15) is 0 Å². The van der Waals surface area contributed by atoms with Gasteiger partial charge < -0.3 is 0 Å². The lowest BCUT2D eigenvalue weighted by atomic mass is 10.0. The molecule has 0 amide bonds. The Labute approximate surface area is 152 Å². The van der Waals surface area contributed by atoms with Crippen LogP contribution in [0, 0.1) is 0 Å². The van der Waals surface area contributed by atoms with Crippen LogP contribution in [0.15, 0.2) is 30.3 Å². The maximum absolute atomic E-state index is 13.8. The van der Waals surface area contributed by atoms with Gasteiger partial charge in [0.2, 0.25) is 0 Å². The van der Waals surface area contributed by atoms with E-state index in [1.54, 1.807) is 43.4 Å². The average Bonchev–Trinajstić information content (AvgIpc) is 2.46. The fourth-order valence-corrected chi connectivity index (χ4v) is 5.88. The molecular formula is C14H14F9ISi. The van der Waals surface area contributed by atoms with Crippen LogP contribution in [-0.2, 0) is 0 Å². The molecule has 0 saturated carbocycles. The highest BCUT2D eigenvalue weighted by Crippen LogP contribution is 2.54. The quantitative estimate of drug-likeness (QED) is 0.197. The number of alkyl halides is 10. The van der Waals surface area contributed by atoms with Crippen LogP contribution >= 0.6 is 22.6 Å². The van der Waals surface area contributed by atoms with E-state index in [2.05, 4.69) is 0 Å². The van der Waals surface area contributed by atoms with Crippen molar-refractivity contribution in [3.05, 3.63) is 30.3 Å². The highest BCUT2D eigenvalue weighted by Gasteiger charge is 2.81. The summed E-state index contributed by atoms with van der Waals surface area (Å²) in [5.74, 6) is -18.9. The normalized spacial score (nSPS) is 16.0. The minimum Gasteiger partial charge on any atom is -0.200 e. The van der Waals surface area contributed by atoms with Crippen molar-refractivity contribution in [2.45, 2.75) is 47.0 Å². The lowest BCUT2D eigenvalue weighted by Crippen LogP contribution is -2.62. The first-order valence-corrected chi connectivity index (χ1v) is 11.2. The Bertz CT molecular complexity index is 584. The van der Waals surface area contributed by atoms with Crippen molar-refractivity contribution < 1.29 is 39.5 Å². The van der Waals surface area contributed by atoms with E-state index in [-0.39, 0.29) is 0 Å². The van der Waals surface area contributed by atoms with E-state index < -0.39 is 42.0 Å². The van der Waals surface area contributed by atoms with Gasteiger partial charge in [-0.25, -0.2) is 0 Å². The molecule has 0 nitrogen and oxygen atoms in total. The van der Waals surface area contributed by atoms with Crippen LogP contribution in [0.4, 0.5) is 39.5 Å². The predicted molar refractivity (Wildman–Crippen MR) is 86.9 cm³/mol. The number of hydrogen-bond donors (Lipinski definition) is 0. The smallest absolute Gasteiger partial charge is 0.200 e. The van der Waals surface area contributed by atoms with E-state index in [9.17, 15) is 39.5 Å². The maximum Gasteiger partial charge on any atom is 0.460 e. The predicted octanol–water partition coefficient (Wildman–Crippen LogP) is 5.80. The van der Waals surface area contributed by atoms with E-state index in [1.165, 1.54) is 22.6 Å². The Morgan fingerprint density at radius 2 is 1.28 bits per heavy atom. The summed E-state index contributed by atoms with van der Waals surface area (Å²) in [6.45, 7) is 3.10. The van der Waals surface area contributed by atoms with Crippen LogP contribution in [0.2, 0.25) is 13.1 Å². The third-order valence-electron chi connectivity index (χ3n) is 3.95. The highest BCUT2D eigenvalue weighted by atomic mass is 127. The lowest BCUT2D eigenvalue weighted by Gasteiger charge is -2.37. The van der Waals surface area contributed by atoms with Crippen molar-refractivity contribution in [3.63, 3.8) is 0 Å². The first kappa shape index (κ1) is 22.6. The fourth-order valence-electron chi connectivity index (χ4n) is 2.06. The van der Waals surface area contributed by atoms with Crippen LogP contribution < -0.4 is 5.19 Å². The molecule has 0 heterocycles. The molecule has 0 bridgehead atoms. The van der Waals surface area contributed by atoms with Crippen molar-refractivity contribution in [1.29, 1.82) is 0 Å². The fraction of sp³-hybridized carbons (Fsp3) is 0.571. The van der Waals surface area contributed by atoms with E-state index in [4.69, 9.17) is 0 Å². The van der Waals surface area contributed by atoms with Gasteiger partial charge in [0, 0.05) is 9.97 Å². The van der Waals surface area contributed by atoms with Gasteiger partial charge in [0.25, 0.3) is 0 Å². The summed E-state index contributed by atoms with van der Waals surface area (Å²) in [7, 11) is -2.83. The topological polar surface area (TPSA) is 0 Å². The molecule has 144 valence electrons. The largest absolute Gasteiger partial charge is 0.460 e. The van der Waals surface area contributed by atoms with Crippen molar-refractivity contribution >= 4 is 35.9 Å². The molecule has 0 aromatic heterocycles. The molecule has 1 aromatic carbocycles. The minimum atomic E-state index is -6.84. The summed E-state index contributed by atoms with van der Waals surface area (Å²) in [5, 5.41) is 0.594. The van der Waals surface area contributed by atoms with Crippen molar-refractivity contribution in [3.8, 4) is 0 Å². The third kappa shape index (κ3) is 4.11. The van der Waals surface area contributed by atoms with Crippen molar-refractivity contribution in [2.75, 3.05) is 0 Å². The second-order valence-electron chi connectivity index (χ2n) is 6.11. The minimum absolute atomic E-state index is 0.594. The van der Waals surface area contributed by atoms with Gasteiger partial charge in [-0.1, -0.05) is 71.2 Å². The summed E-state index contributed by atoms with van der Waals surface area (Å²) in [4.78, 5) is 0. The van der Waals surface area contributed by atoms with E-state index in [1.807, 2.05) is 0 Å². The van der Waals surface area contributed by atoms with Gasteiger partial charge in [-0.05, 0) is 0 Å². The number of hydrogen-bond acceptors (Lipinski definition) is 0. The second kappa shape index (κ2) is 6.93. The molecule has 0 spiro atoms. The summed E-state index contributed by atoms with van der Waals surface area (Å²) < 4.78 is 116. The second-order valence-corrected chi connectivity index (χ2v) is 13.5. The average molecular weight is 508 g/mol. The number of benzene rings is 1. The molecule has 0 fully saturated rings. The molecule has 0 saturated heterocycles. The lowest BCUT2D eigenvalue weighted by molar-refractivity contribution is -0.396. The van der Waals surface area contributed by atoms with E-state index >= 15 is 0 Å². The molecule has 0 N–H and O–H groups in total. The molecular weight excluding hydrogens is 494 g/mol. The molecule has 1 atom stereocenters. The first-order chi connectivity index (χ1) is 11.0. The van der Waals surface area contributed by atoms with Crippen LogP contribution in [0.3, 0.4) is 0 Å². The van der Waals surface area contributed by atoms with E-state index in [0.29, 0.717) is 5.19 Å². The number of halogens is 10. The molecule has 1 rings (SSSR count). The Morgan fingerprint density at radius 3 is 1.68 bits per heavy atom. The first-order valence-electron chi connectivity index (χ1n) is 6.88. The van der Waals surface area contributed by atoms with Crippen molar-refractivity contribution in [1.82, 2.24) is 0 Å². The molecule has 0 aliphatic rings. The standard InChI is InChI=1S/C14H14F9ISi/c1-25(2,9-6-4-3-5-7-9)10(24)8-11(15,16)12(17,18)13(19,20)14(21,22)23/h3-7,10H,8H2,1-2H3. The molecule has 0 radical (unpaired) electrons. The van der Waals surface area contributed by atoms with Gasteiger partial charge in [0.05, 0.1) is 8.07 Å². The summed E-state index contributed by atoms with van der Waals surface area (Å²) in [6, 6.07) is 8.00. The molecule has 25 heavy (non-hydrogen) atoms. The van der Waals surface area contributed by atoms with Crippen LogP contribution in [0.25, 0.3) is 0 Å². The molecule has 0 aliphatic heterocycles. The van der Waals surface area contributed by atoms with Crippen LogP contribution in [0.5, 0.6) is 0 Å². The van der Waals surface area contributed by atoms with E-state index in [0.717, 1.165) is 0 Å². The number of rotatable bonds is 6. The summed E-state index contributed by atoms with van der Waals surface area (Å²) in [6.07, 6.45) is -8.58. The van der Waals surface area contributed by atoms with Crippen molar-refractivity contribution in [2.24, 2.45) is 0 Å². The van der Waals surface area contributed by atoms with Gasteiger partial charge in [-0.3, -0.25) is 0 Å². The van der Waals surface area contributed by atoms with Crippen LogP contribution in [0.1, 0.15) is 6.42 Å². The maximum atomic E-state index is 13.8. The monoisotopic (exact) mass is 508 g/mol. The zero-order valence-corrected chi connectivity index (χ0v) is 16.1. The van der Waals surface area contributed by atoms with Gasteiger partial charge in [-0.15, -0.1) is 0 Å². The Hall–Kier alpha value is -0.463. The zero-order chi connectivity index (χ0) is 19.9. The zero-order valence-electron chi connectivity index (χ0n) is 13.0. The molecule has 0 aliphatic carbocycles. The Kier molecular flexibility index (Phi) is 6.26. The highest BCUT2D eigenvalue weighted by molar-refractivity contribution is 14.1. The molecule has 1 aromatic rings. The summed E-state index contributed by atoms with van der Waals surface area (Å²) >= 11 is 1.42. The van der Waals surface area contributed by atoms with Crippen LogP contribution in [-0.4, -0.2) is 35.6 Å². The molecule has 1 unspecified atom stereocenters. The molecule has 11 heteroatoms. The van der Waals surface area contributed by atoms with Gasteiger partial charge in [0.15, 0.2) is 0 Å². The van der Waals surface area contributed by atoms with Gasteiger partial charge in [-0.2, -0.15) is 39.5 Å². The Balaban J connectivity index is 3.15.